The Morgan fingerprint density at radius 2 is 2.00 bits per heavy atom. The van der Waals surface area contributed by atoms with Crippen LogP contribution in [0.4, 0.5) is 0 Å². The highest BCUT2D eigenvalue weighted by Crippen LogP contribution is 2.27. The number of ether oxygens (including phenoxy) is 4. The maximum absolute atomic E-state index is 11.6. The molecule has 2 rings (SSSR count). The van der Waals surface area contributed by atoms with Gasteiger partial charge in [0.15, 0.2) is 6.29 Å². The van der Waals surface area contributed by atoms with E-state index in [1.54, 1.807) is 0 Å². The third kappa shape index (κ3) is 5.08. The van der Waals surface area contributed by atoms with Gasteiger partial charge in [0, 0.05) is 20.5 Å². The monoisotopic (exact) mass is 365 g/mol. The summed E-state index contributed by atoms with van der Waals surface area (Å²) < 4.78 is 21.7. The summed E-state index contributed by atoms with van der Waals surface area (Å²) in [6.45, 7) is 0.937. The smallest absolute Gasteiger partial charge is 0.217 e. The molecule has 0 aromatic rings. The van der Waals surface area contributed by atoms with Gasteiger partial charge in [-0.1, -0.05) is 0 Å². The molecular formula is C15H27NO9. The van der Waals surface area contributed by atoms with Gasteiger partial charge in [-0.2, -0.15) is 0 Å². The highest BCUT2D eigenvalue weighted by atomic mass is 16.7. The molecule has 0 saturated carbocycles. The van der Waals surface area contributed by atoms with Crippen LogP contribution in [-0.2, 0) is 23.7 Å². The first-order valence-electron chi connectivity index (χ1n) is 8.21. The summed E-state index contributed by atoms with van der Waals surface area (Å²) in [5, 5.41) is 42.1. The van der Waals surface area contributed by atoms with E-state index in [2.05, 4.69) is 5.32 Å². The van der Waals surface area contributed by atoms with Crippen LogP contribution in [0.25, 0.3) is 0 Å². The van der Waals surface area contributed by atoms with Crippen LogP contribution in [0.1, 0.15) is 13.3 Å². The maximum Gasteiger partial charge on any atom is 0.217 e. The van der Waals surface area contributed by atoms with Crippen molar-refractivity contribution in [3.63, 3.8) is 0 Å². The fourth-order valence-corrected chi connectivity index (χ4v) is 3.12. The number of hydrogen-bond donors (Lipinski definition) is 5. The van der Waals surface area contributed by atoms with Gasteiger partial charge in [-0.3, -0.25) is 4.79 Å². The van der Waals surface area contributed by atoms with Crippen LogP contribution in [0.3, 0.4) is 0 Å². The van der Waals surface area contributed by atoms with Gasteiger partial charge >= 0.3 is 0 Å². The minimum Gasteiger partial charge on any atom is -0.394 e. The molecule has 0 aromatic carbocycles. The van der Waals surface area contributed by atoms with Crippen molar-refractivity contribution in [3.8, 4) is 0 Å². The molecule has 146 valence electrons. The second-order valence-electron chi connectivity index (χ2n) is 6.33. The predicted octanol–water partition coefficient (Wildman–Crippen LogP) is -2.89. The number of methoxy groups -OCH3 is 1. The molecule has 8 atom stereocenters. The normalized spacial score (nSPS) is 42.2. The van der Waals surface area contributed by atoms with Crippen molar-refractivity contribution in [2.75, 3.05) is 26.9 Å². The molecule has 25 heavy (non-hydrogen) atoms. The highest BCUT2D eigenvalue weighted by Gasteiger charge is 2.48. The molecule has 2 heterocycles. The lowest BCUT2D eigenvalue weighted by atomic mass is 9.92. The van der Waals surface area contributed by atoms with Gasteiger partial charge in [0.05, 0.1) is 32.0 Å². The Labute approximate surface area is 145 Å². The minimum atomic E-state index is -1.27. The summed E-state index contributed by atoms with van der Waals surface area (Å²) >= 11 is 0. The second-order valence-corrected chi connectivity index (χ2v) is 6.33. The maximum atomic E-state index is 11.6. The molecule has 2 aliphatic heterocycles. The quantitative estimate of drug-likeness (QED) is 0.335. The fourth-order valence-electron chi connectivity index (χ4n) is 3.12. The van der Waals surface area contributed by atoms with Gasteiger partial charge in [0.1, 0.15) is 30.5 Å². The molecule has 1 amide bonds. The van der Waals surface area contributed by atoms with Gasteiger partial charge in [-0.15, -0.1) is 0 Å². The summed E-state index contributed by atoms with van der Waals surface area (Å²) in [7, 11) is 1.46. The summed E-state index contributed by atoms with van der Waals surface area (Å²) in [5.41, 5.74) is 0. The molecule has 0 bridgehead atoms. The number of amides is 1. The molecule has 5 N–H and O–H groups in total. The Balaban J connectivity index is 2.18. The topological polar surface area (TPSA) is 147 Å². The predicted molar refractivity (Wildman–Crippen MR) is 82.5 cm³/mol. The molecule has 0 aliphatic carbocycles. The molecule has 2 fully saturated rings. The molecule has 2 saturated heterocycles. The number of nitrogens with one attached hydrogen (secondary N) is 1. The van der Waals surface area contributed by atoms with E-state index in [1.807, 2.05) is 0 Å². The van der Waals surface area contributed by atoms with Crippen LogP contribution < -0.4 is 5.32 Å². The van der Waals surface area contributed by atoms with Crippen LogP contribution >= 0.6 is 0 Å². The number of carbonyl (C=O) groups excluding carboxylic acids is 1. The lowest BCUT2D eigenvalue weighted by Gasteiger charge is -2.46. The Morgan fingerprint density at radius 1 is 1.28 bits per heavy atom. The molecule has 8 unspecified atom stereocenters. The molecule has 10 nitrogen and oxygen atoms in total. The van der Waals surface area contributed by atoms with E-state index in [9.17, 15) is 25.2 Å². The number of rotatable bonds is 6. The van der Waals surface area contributed by atoms with E-state index in [1.165, 1.54) is 14.0 Å². The molecule has 0 spiro atoms. The molecule has 10 heteroatoms. The lowest BCUT2D eigenvalue weighted by molar-refractivity contribution is -0.295. The van der Waals surface area contributed by atoms with Crippen LogP contribution in [0.2, 0.25) is 0 Å². The van der Waals surface area contributed by atoms with E-state index in [-0.39, 0.29) is 25.5 Å². The SMILES string of the molecule is COCC1OC(CO)C(O)C(OC2OCC(O)CC2O)C1NC(C)=O. The summed E-state index contributed by atoms with van der Waals surface area (Å²) in [6.07, 6.45) is -6.80. The Bertz CT molecular complexity index is 437. The van der Waals surface area contributed by atoms with Crippen molar-refractivity contribution < 1.29 is 44.2 Å². The largest absolute Gasteiger partial charge is 0.394 e. The Kier molecular flexibility index (Phi) is 7.52. The molecule has 2 aliphatic rings. The van der Waals surface area contributed by atoms with E-state index in [0.29, 0.717) is 0 Å². The first kappa shape index (κ1) is 20.5. The second kappa shape index (κ2) is 9.19. The van der Waals surface area contributed by atoms with Gasteiger partial charge < -0.3 is 44.7 Å². The zero-order valence-corrected chi connectivity index (χ0v) is 14.3. The van der Waals surface area contributed by atoms with Crippen LogP contribution in [-0.4, -0.2) is 102 Å². The third-order valence-corrected chi connectivity index (χ3v) is 4.27. The van der Waals surface area contributed by atoms with E-state index in [0.717, 1.165) is 0 Å². The third-order valence-electron chi connectivity index (χ3n) is 4.27. The van der Waals surface area contributed by atoms with Crippen LogP contribution in [0, 0.1) is 0 Å². The van der Waals surface area contributed by atoms with Crippen molar-refractivity contribution in [2.45, 2.75) is 62.3 Å². The van der Waals surface area contributed by atoms with Crippen molar-refractivity contribution in [1.82, 2.24) is 5.32 Å². The number of aliphatic hydroxyl groups is 4. The fraction of sp³-hybridized carbons (Fsp3) is 0.933. The van der Waals surface area contributed by atoms with Gasteiger partial charge in [0.2, 0.25) is 5.91 Å². The lowest BCUT2D eigenvalue weighted by Crippen LogP contribution is -2.67. The van der Waals surface area contributed by atoms with Gasteiger partial charge in [-0.05, 0) is 0 Å². The van der Waals surface area contributed by atoms with E-state index >= 15 is 0 Å². The Hall–Kier alpha value is -0.850. The van der Waals surface area contributed by atoms with Crippen LogP contribution in [0.15, 0.2) is 0 Å². The van der Waals surface area contributed by atoms with Gasteiger partial charge in [-0.25, -0.2) is 0 Å². The molecular weight excluding hydrogens is 338 g/mol. The summed E-state index contributed by atoms with van der Waals surface area (Å²) in [5.74, 6) is -0.363. The molecule has 0 radical (unpaired) electrons. The standard InChI is InChI=1S/C15H27NO9/c1-7(18)16-12-11(6-22-2)24-10(4-17)13(21)14(12)25-15-9(20)3-8(19)5-23-15/h8-15,17,19-21H,3-6H2,1-2H3,(H,16,18). The van der Waals surface area contributed by atoms with Crippen LogP contribution in [0.5, 0.6) is 0 Å². The Morgan fingerprint density at radius 3 is 2.56 bits per heavy atom. The zero-order valence-electron chi connectivity index (χ0n) is 14.3. The highest BCUT2D eigenvalue weighted by molar-refractivity contribution is 5.73. The van der Waals surface area contributed by atoms with Crippen molar-refractivity contribution in [1.29, 1.82) is 0 Å². The zero-order chi connectivity index (χ0) is 18.6. The van der Waals surface area contributed by atoms with Crippen molar-refractivity contribution in [3.05, 3.63) is 0 Å². The average molecular weight is 365 g/mol. The average Bonchev–Trinajstić information content (AvgIpc) is 2.55. The molecule has 0 aromatic heterocycles. The van der Waals surface area contributed by atoms with E-state index < -0.39 is 55.6 Å². The number of aliphatic hydroxyl groups excluding tert-OH is 4. The van der Waals surface area contributed by atoms with Crippen molar-refractivity contribution >= 4 is 5.91 Å². The van der Waals surface area contributed by atoms with E-state index in [4.69, 9.17) is 18.9 Å². The number of carbonyl (C=O) groups is 1. The summed E-state index contributed by atoms with van der Waals surface area (Å²) in [6, 6.07) is -0.780. The summed E-state index contributed by atoms with van der Waals surface area (Å²) in [4.78, 5) is 11.6. The first-order valence-corrected chi connectivity index (χ1v) is 8.21. The van der Waals surface area contributed by atoms with Crippen molar-refractivity contribution in [2.24, 2.45) is 0 Å². The number of hydrogen-bond acceptors (Lipinski definition) is 9. The van der Waals surface area contributed by atoms with Gasteiger partial charge in [0.25, 0.3) is 0 Å². The minimum absolute atomic E-state index is 0.0171. The first-order chi connectivity index (χ1) is 11.9.